The molecule has 4 nitrogen and oxygen atoms in total. The van der Waals surface area contributed by atoms with Crippen molar-refractivity contribution in [1.29, 1.82) is 0 Å². The van der Waals surface area contributed by atoms with Gasteiger partial charge in [-0.2, -0.15) is 0 Å². The van der Waals surface area contributed by atoms with Crippen LogP contribution in [-0.2, 0) is 11.2 Å². The number of carbonyl (C=O) groups is 1. The van der Waals surface area contributed by atoms with E-state index in [9.17, 15) is 4.79 Å². The summed E-state index contributed by atoms with van der Waals surface area (Å²) in [6, 6.07) is 23.9. The van der Waals surface area contributed by atoms with Gasteiger partial charge < -0.3 is 10.6 Å². The number of hydrogen-bond acceptors (Lipinski definition) is 4. The first kappa shape index (κ1) is 18.3. The summed E-state index contributed by atoms with van der Waals surface area (Å²) in [5, 5.41) is 10.9. The number of nitrogens with zero attached hydrogens (tertiary/aromatic N) is 1. The van der Waals surface area contributed by atoms with Gasteiger partial charge in [-0.15, -0.1) is 11.3 Å². The van der Waals surface area contributed by atoms with Crippen molar-refractivity contribution in [2.45, 2.75) is 6.42 Å². The highest BCUT2D eigenvalue weighted by Gasteiger charge is 2.10. The molecule has 0 unspecified atom stereocenters. The number of thiocarbonyl (C=S) groups is 1. The second kappa shape index (κ2) is 8.29. The van der Waals surface area contributed by atoms with Crippen LogP contribution in [-0.4, -0.2) is 16.0 Å². The number of amides is 1. The van der Waals surface area contributed by atoms with E-state index in [1.165, 1.54) is 16.7 Å². The Morgan fingerprint density at radius 1 is 0.964 bits per heavy atom. The third-order valence-electron chi connectivity index (χ3n) is 4.25. The Kier molecular flexibility index (Phi) is 5.41. The molecule has 1 aromatic heterocycles. The molecule has 0 aliphatic rings. The summed E-state index contributed by atoms with van der Waals surface area (Å²) < 4.78 is 0. The van der Waals surface area contributed by atoms with Crippen LogP contribution in [0.15, 0.2) is 78.2 Å². The van der Waals surface area contributed by atoms with E-state index in [-0.39, 0.29) is 17.4 Å². The minimum atomic E-state index is -0.158. The number of anilines is 1. The summed E-state index contributed by atoms with van der Waals surface area (Å²) in [5.74, 6) is -0.158. The van der Waals surface area contributed by atoms with Gasteiger partial charge in [-0.05, 0) is 28.6 Å². The molecular formula is C22H17N3OS2. The minimum Gasteiger partial charge on any atom is -0.308 e. The van der Waals surface area contributed by atoms with Crippen molar-refractivity contribution in [2.24, 2.45) is 0 Å². The maximum atomic E-state index is 12.1. The largest absolute Gasteiger partial charge is 0.308 e. The number of aromatic nitrogens is 1. The van der Waals surface area contributed by atoms with Crippen molar-refractivity contribution in [1.82, 2.24) is 10.3 Å². The molecule has 6 heteroatoms. The Hall–Kier alpha value is -3.09. The van der Waals surface area contributed by atoms with E-state index in [2.05, 4.69) is 39.9 Å². The molecule has 0 fully saturated rings. The summed E-state index contributed by atoms with van der Waals surface area (Å²) in [7, 11) is 0. The van der Waals surface area contributed by atoms with Crippen LogP contribution in [0.5, 0.6) is 0 Å². The van der Waals surface area contributed by atoms with Crippen molar-refractivity contribution >= 4 is 50.5 Å². The van der Waals surface area contributed by atoms with Gasteiger partial charge in [0, 0.05) is 10.9 Å². The Bertz CT molecular complexity index is 1130. The molecule has 0 aliphatic heterocycles. The number of hydrogen-bond donors (Lipinski definition) is 2. The van der Waals surface area contributed by atoms with E-state index in [4.69, 9.17) is 12.2 Å². The average molecular weight is 404 g/mol. The lowest BCUT2D eigenvalue weighted by Gasteiger charge is -2.07. The molecule has 1 heterocycles. The van der Waals surface area contributed by atoms with Crippen molar-refractivity contribution in [2.75, 3.05) is 5.32 Å². The number of rotatable bonds is 4. The van der Waals surface area contributed by atoms with Gasteiger partial charge in [0.2, 0.25) is 5.91 Å². The van der Waals surface area contributed by atoms with Crippen LogP contribution >= 0.6 is 23.6 Å². The molecule has 0 spiro atoms. The molecule has 2 N–H and O–H groups in total. The summed E-state index contributed by atoms with van der Waals surface area (Å²) >= 11 is 6.71. The van der Waals surface area contributed by atoms with Crippen molar-refractivity contribution in [3.8, 4) is 11.3 Å². The smallest absolute Gasteiger partial charge is 0.230 e. The fourth-order valence-corrected chi connectivity index (χ4v) is 3.97. The Morgan fingerprint density at radius 3 is 2.57 bits per heavy atom. The van der Waals surface area contributed by atoms with Gasteiger partial charge in [-0.25, -0.2) is 4.98 Å². The van der Waals surface area contributed by atoms with Crippen LogP contribution in [0, 0.1) is 0 Å². The molecule has 0 bridgehead atoms. The third-order valence-corrected chi connectivity index (χ3v) is 5.21. The summed E-state index contributed by atoms with van der Waals surface area (Å²) in [4.78, 5) is 16.8. The van der Waals surface area contributed by atoms with E-state index in [1.54, 1.807) is 0 Å². The highest BCUT2D eigenvalue weighted by atomic mass is 32.1. The first-order valence-electron chi connectivity index (χ1n) is 8.77. The van der Waals surface area contributed by atoms with E-state index < -0.39 is 0 Å². The molecule has 4 rings (SSSR count). The van der Waals surface area contributed by atoms with E-state index in [0.717, 1.165) is 22.2 Å². The van der Waals surface area contributed by atoms with Gasteiger partial charge in [0.05, 0.1) is 12.1 Å². The van der Waals surface area contributed by atoms with Gasteiger partial charge >= 0.3 is 0 Å². The van der Waals surface area contributed by atoms with Crippen LogP contribution < -0.4 is 10.6 Å². The lowest BCUT2D eigenvalue weighted by Crippen LogP contribution is -2.35. The zero-order valence-electron chi connectivity index (χ0n) is 14.9. The topological polar surface area (TPSA) is 54.0 Å². The van der Waals surface area contributed by atoms with Crippen LogP contribution in [0.4, 0.5) is 5.13 Å². The van der Waals surface area contributed by atoms with Crippen LogP contribution in [0.2, 0.25) is 0 Å². The molecule has 138 valence electrons. The molecule has 0 saturated heterocycles. The molecular weight excluding hydrogens is 386 g/mol. The monoisotopic (exact) mass is 403 g/mol. The first-order valence-corrected chi connectivity index (χ1v) is 10.1. The number of nitrogens with one attached hydrogen (secondary N) is 2. The predicted molar refractivity (Wildman–Crippen MR) is 120 cm³/mol. The summed E-state index contributed by atoms with van der Waals surface area (Å²) in [5.41, 5.74) is 2.89. The second-order valence-electron chi connectivity index (χ2n) is 6.23. The Balaban J connectivity index is 1.43. The fraction of sp³-hybridized carbons (Fsp3) is 0.0455. The molecule has 0 aliphatic carbocycles. The molecule has 0 atom stereocenters. The van der Waals surface area contributed by atoms with Crippen LogP contribution in [0.25, 0.3) is 22.0 Å². The lowest BCUT2D eigenvalue weighted by atomic mass is 10.0. The highest BCUT2D eigenvalue weighted by molar-refractivity contribution is 7.80. The lowest BCUT2D eigenvalue weighted by molar-refractivity contribution is -0.119. The van der Waals surface area contributed by atoms with Crippen LogP contribution in [0.1, 0.15) is 5.56 Å². The van der Waals surface area contributed by atoms with E-state index >= 15 is 0 Å². The summed E-state index contributed by atoms with van der Waals surface area (Å²) in [6.07, 6.45) is 0.280. The first-order chi connectivity index (χ1) is 13.7. The van der Waals surface area contributed by atoms with Crippen molar-refractivity contribution in [3.05, 3.63) is 83.7 Å². The quantitative estimate of drug-likeness (QED) is 0.470. The maximum Gasteiger partial charge on any atom is 0.230 e. The molecule has 3 aromatic carbocycles. The molecule has 0 radical (unpaired) electrons. The number of fused-ring (bicyclic) bond motifs is 1. The number of benzene rings is 3. The van der Waals surface area contributed by atoms with Gasteiger partial charge in [-0.3, -0.25) is 4.79 Å². The molecule has 0 saturated carbocycles. The zero-order chi connectivity index (χ0) is 19.3. The average Bonchev–Trinajstić information content (AvgIpc) is 3.16. The highest BCUT2D eigenvalue weighted by Crippen LogP contribution is 2.30. The standard InChI is InChI=1S/C22H17N3OS2/c26-20(13-15-7-2-1-3-8-15)24-21(27)25-22-23-19(14-28-22)18-12-6-10-16-9-4-5-11-17(16)18/h1-12,14H,13H2,(H2,23,24,25,26,27). The van der Waals surface area contributed by atoms with Crippen molar-refractivity contribution < 1.29 is 4.79 Å². The molecule has 28 heavy (non-hydrogen) atoms. The van der Waals surface area contributed by atoms with Gasteiger partial charge in [0.15, 0.2) is 10.2 Å². The maximum absolute atomic E-state index is 12.1. The summed E-state index contributed by atoms with van der Waals surface area (Å²) in [6.45, 7) is 0. The van der Waals surface area contributed by atoms with Crippen molar-refractivity contribution in [3.63, 3.8) is 0 Å². The van der Waals surface area contributed by atoms with Crippen LogP contribution in [0.3, 0.4) is 0 Å². The molecule has 4 aromatic rings. The predicted octanol–water partition coefficient (Wildman–Crippen LogP) is 5.02. The van der Waals surface area contributed by atoms with Gasteiger partial charge in [0.1, 0.15) is 0 Å². The Labute approximate surface area is 172 Å². The number of carbonyl (C=O) groups excluding carboxylic acids is 1. The van der Waals surface area contributed by atoms with E-state index in [0.29, 0.717) is 5.13 Å². The normalized spacial score (nSPS) is 10.6. The van der Waals surface area contributed by atoms with Gasteiger partial charge in [-0.1, -0.05) is 72.8 Å². The third kappa shape index (κ3) is 4.24. The minimum absolute atomic E-state index is 0.158. The van der Waals surface area contributed by atoms with E-state index in [1.807, 2.05) is 53.9 Å². The SMILES string of the molecule is O=C(Cc1ccccc1)NC(=S)Nc1nc(-c2cccc3ccccc23)cs1. The number of thiazole rings is 1. The van der Waals surface area contributed by atoms with Gasteiger partial charge in [0.25, 0.3) is 0 Å². The fourth-order valence-electron chi connectivity index (χ4n) is 2.98. The second-order valence-corrected chi connectivity index (χ2v) is 7.50. The Morgan fingerprint density at radius 2 is 1.71 bits per heavy atom. The zero-order valence-corrected chi connectivity index (χ0v) is 16.5. The molecule has 1 amide bonds.